The highest BCUT2D eigenvalue weighted by molar-refractivity contribution is 7.99. The maximum atomic E-state index is 12.2. The van der Waals surface area contributed by atoms with Crippen LogP contribution in [0.2, 0.25) is 0 Å². The molecule has 3 aliphatic rings. The Kier molecular flexibility index (Phi) is 6.10. The number of benzene rings is 1. The maximum absolute atomic E-state index is 12.2. The van der Waals surface area contributed by atoms with E-state index in [0.717, 1.165) is 63.7 Å². The normalized spacial score (nSPS) is 23.6. The number of piperazine rings is 1. The first-order valence-corrected chi connectivity index (χ1v) is 11.2. The minimum Gasteiger partial charge on any atom is -0.454 e. The molecular weight excluding hydrogens is 362 g/mol. The van der Waals surface area contributed by atoms with Crippen LogP contribution < -0.4 is 9.47 Å². The molecule has 3 aliphatic heterocycles. The van der Waals surface area contributed by atoms with Crippen molar-refractivity contribution < 1.29 is 14.3 Å². The summed E-state index contributed by atoms with van der Waals surface area (Å²) in [5.74, 6) is 2.62. The van der Waals surface area contributed by atoms with Gasteiger partial charge in [-0.2, -0.15) is 11.8 Å². The van der Waals surface area contributed by atoms with Crippen LogP contribution in [0.5, 0.6) is 11.5 Å². The molecule has 0 bridgehead atoms. The highest BCUT2D eigenvalue weighted by atomic mass is 32.2. The predicted octanol–water partition coefficient (Wildman–Crippen LogP) is 1.89. The van der Waals surface area contributed by atoms with Gasteiger partial charge in [-0.15, -0.1) is 0 Å². The van der Waals surface area contributed by atoms with Gasteiger partial charge in [-0.05, 0) is 36.8 Å². The number of amides is 1. The monoisotopic (exact) mass is 391 g/mol. The van der Waals surface area contributed by atoms with Crippen LogP contribution in [0.15, 0.2) is 18.2 Å². The summed E-state index contributed by atoms with van der Waals surface area (Å²) in [6.45, 7) is 7.43. The number of rotatable bonds is 5. The van der Waals surface area contributed by atoms with E-state index < -0.39 is 0 Å². The van der Waals surface area contributed by atoms with Gasteiger partial charge in [0.1, 0.15) is 0 Å². The van der Waals surface area contributed by atoms with E-state index in [9.17, 15) is 4.79 Å². The summed E-state index contributed by atoms with van der Waals surface area (Å²) in [7, 11) is 0. The third-order valence-electron chi connectivity index (χ3n) is 5.78. The van der Waals surface area contributed by atoms with Gasteiger partial charge in [-0.3, -0.25) is 14.6 Å². The van der Waals surface area contributed by atoms with Gasteiger partial charge in [-0.1, -0.05) is 6.07 Å². The van der Waals surface area contributed by atoms with Crippen LogP contribution in [0.4, 0.5) is 0 Å². The standard InChI is InChI=1S/C20H29N3O3S/c1-27-14-20(24)23-6-2-3-17(13-23)22-9-7-21(8-10-22)12-16-4-5-18-19(11-16)26-15-25-18/h4-5,11,17H,2-3,6-10,12-15H2,1H3/t17-/m1/s1. The molecule has 0 unspecified atom stereocenters. The zero-order valence-electron chi connectivity index (χ0n) is 16.1. The van der Waals surface area contributed by atoms with Crippen molar-refractivity contribution in [3.05, 3.63) is 23.8 Å². The predicted molar refractivity (Wildman–Crippen MR) is 107 cm³/mol. The molecule has 1 aromatic carbocycles. The van der Waals surface area contributed by atoms with Crippen LogP contribution in [-0.4, -0.2) is 84.7 Å². The van der Waals surface area contributed by atoms with E-state index in [1.165, 1.54) is 12.0 Å². The van der Waals surface area contributed by atoms with E-state index >= 15 is 0 Å². The van der Waals surface area contributed by atoms with Crippen molar-refractivity contribution in [2.24, 2.45) is 0 Å². The number of fused-ring (bicyclic) bond motifs is 1. The van der Waals surface area contributed by atoms with Crippen molar-refractivity contribution in [1.82, 2.24) is 14.7 Å². The highest BCUT2D eigenvalue weighted by Gasteiger charge is 2.29. The molecule has 0 saturated carbocycles. The minimum absolute atomic E-state index is 0.300. The summed E-state index contributed by atoms with van der Waals surface area (Å²) in [6.07, 6.45) is 4.34. The molecule has 1 amide bonds. The summed E-state index contributed by atoms with van der Waals surface area (Å²) >= 11 is 1.62. The second-order valence-electron chi connectivity index (χ2n) is 7.57. The molecule has 0 N–H and O–H groups in total. The minimum atomic E-state index is 0.300. The van der Waals surface area contributed by atoms with Crippen molar-refractivity contribution in [3.63, 3.8) is 0 Å². The SMILES string of the molecule is CSCC(=O)N1CCC[C@@H](N2CCN(Cc3ccc4c(c3)OCO4)CC2)C1. The Labute approximate surface area is 165 Å². The van der Waals surface area contributed by atoms with Crippen molar-refractivity contribution >= 4 is 17.7 Å². The molecule has 0 aromatic heterocycles. The molecule has 1 atom stereocenters. The number of ether oxygens (including phenoxy) is 2. The number of thioether (sulfide) groups is 1. The van der Waals surface area contributed by atoms with Crippen LogP contribution in [0, 0.1) is 0 Å². The Hall–Kier alpha value is -1.44. The third kappa shape index (κ3) is 4.52. The molecule has 4 rings (SSSR count). The average molecular weight is 392 g/mol. The summed E-state index contributed by atoms with van der Waals surface area (Å²) < 4.78 is 10.9. The van der Waals surface area contributed by atoms with Gasteiger partial charge in [-0.25, -0.2) is 0 Å². The van der Waals surface area contributed by atoms with Crippen LogP contribution in [-0.2, 0) is 11.3 Å². The van der Waals surface area contributed by atoms with E-state index in [0.29, 0.717) is 24.5 Å². The zero-order valence-corrected chi connectivity index (χ0v) is 16.9. The summed E-state index contributed by atoms with van der Waals surface area (Å²) in [4.78, 5) is 19.4. The van der Waals surface area contributed by atoms with E-state index in [1.54, 1.807) is 11.8 Å². The molecule has 0 aliphatic carbocycles. The number of hydrogen-bond acceptors (Lipinski definition) is 6. The molecule has 0 spiro atoms. The average Bonchev–Trinajstić information content (AvgIpc) is 3.17. The van der Waals surface area contributed by atoms with Gasteiger partial charge in [0.2, 0.25) is 12.7 Å². The van der Waals surface area contributed by atoms with Crippen molar-refractivity contribution in [1.29, 1.82) is 0 Å². The zero-order chi connectivity index (χ0) is 18.6. The van der Waals surface area contributed by atoms with Crippen LogP contribution in [0.3, 0.4) is 0 Å². The topological polar surface area (TPSA) is 45.3 Å². The van der Waals surface area contributed by atoms with E-state index in [1.807, 2.05) is 12.3 Å². The van der Waals surface area contributed by atoms with E-state index in [-0.39, 0.29) is 0 Å². The van der Waals surface area contributed by atoms with Crippen LogP contribution in [0.25, 0.3) is 0 Å². The number of nitrogens with zero attached hydrogens (tertiary/aromatic N) is 3. The highest BCUT2D eigenvalue weighted by Crippen LogP contribution is 2.33. The van der Waals surface area contributed by atoms with Gasteiger partial charge >= 0.3 is 0 Å². The smallest absolute Gasteiger partial charge is 0.232 e. The number of piperidine rings is 1. The Bertz CT molecular complexity index is 664. The number of carbonyl (C=O) groups excluding carboxylic acids is 1. The van der Waals surface area contributed by atoms with E-state index in [4.69, 9.17) is 9.47 Å². The van der Waals surface area contributed by atoms with Gasteiger partial charge < -0.3 is 14.4 Å². The first kappa shape index (κ1) is 18.9. The summed E-state index contributed by atoms with van der Waals surface area (Å²) in [5, 5.41) is 0. The van der Waals surface area contributed by atoms with Gasteiger partial charge in [0.25, 0.3) is 0 Å². The van der Waals surface area contributed by atoms with E-state index in [2.05, 4.69) is 26.8 Å². The first-order chi connectivity index (χ1) is 13.2. The second-order valence-corrected chi connectivity index (χ2v) is 8.43. The Morgan fingerprint density at radius 2 is 1.96 bits per heavy atom. The molecule has 0 radical (unpaired) electrons. The summed E-state index contributed by atoms with van der Waals surface area (Å²) in [6, 6.07) is 6.77. The Morgan fingerprint density at radius 3 is 2.78 bits per heavy atom. The van der Waals surface area contributed by atoms with Gasteiger partial charge in [0.05, 0.1) is 5.75 Å². The molecule has 2 fully saturated rings. The lowest BCUT2D eigenvalue weighted by atomic mass is 10.0. The maximum Gasteiger partial charge on any atom is 0.232 e. The fourth-order valence-electron chi connectivity index (χ4n) is 4.28. The van der Waals surface area contributed by atoms with Crippen molar-refractivity contribution in [3.8, 4) is 11.5 Å². The summed E-state index contributed by atoms with van der Waals surface area (Å²) in [5.41, 5.74) is 1.28. The lowest BCUT2D eigenvalue weighted by Gasteiger charge is -2.43. The molecule has 2 saturated heterocycles. The number of hydrogen-bond donors (Lipinski definition) is 0. The Morgan fingerprint density at radius 1 is 1.15 bits per heavy atom. The molecular formula is C20H29N3O3S. The fourth-order valence-corrected chi connectivity index (χ4v) is 4.71. The third-order valence-corrected chi connectivity index (χ3v) is 6.32. The number of likely N-dealkylation sites (tertiary alicyclic amines) is 1. The Balaban J connectivity index is 1.27. The molecule has 148 valence electrons. The van der Waals surface area contributed by atoms with Gasteiger partial charge in [0.15, 0.2) is 11.5 Å². The lowest BCUT2D eigenvalue weighted by Crippen LogP contribution is -2.55. The fraction of sp³-hybridized carbons (Fsp3) is 0.650. The molecule has 27 heavy (non-hydrogen) atoms. The largest absolute Gasteiger partial charge is 0.454 e. The second kappa shape index (κ2) is 8.71. The molecule has 1 aromatic rings. The van der Waals surface area contributed by atoms with Crippen molar-refractivity contribution in [2.75, 3.05) is 58.1 Å². The van der Waals surface area contributed by atoms with Gasteiger partial charge in [0, 0.05) is 51.9 Å². The lowest BCUT2D eigenvalue weighted by molar-refractivity contribution is -0.130. The molecule has 3 heterocycles. The first-order valence-electron chi connectivity index (χ1n) is 9.84. The molecule has 7 heteroatoms. The quantitative estimate of drug-likeness (QED) is 0.764. The van der Waals surface area contributed by atoms with Crippen LogP contribution in [0.1, 0.15) is 18.4 Å². The molecule has 6 nitrogen and oxygen atoms in total. The van der Waals surface area contributed by atoms with Crippen molar-refractivity contribution in [2.45, 2.75) is 25.4 Å². The number of carbonyl (C=O) groups is 1. The van der Waals surface area contributed by atoms with Crippen LogP contribution >= 0.6 is 11.8 Å².